The van der Waals surface area contributed by atoms with Crippen molar-refractivity contribution in [3.8, 4) is 0 Å². The van der Waals surface area contributed by atoms with E-state index >= 15 is 0 Å². The van der Waals surface area contributed by atoms with Crippen LogP contribution in [0.2, 0.25) is 5.02 Å². The number of piperidine rings is 1. The monoisotopic (exact) mass is 373 g/mol. The van der Waals surface area contributed by atoms with Gasteiger partial charge in [-0.05, 0) is 82.2 Å². The van der Waals surface area contributed by atoms with Gasteiger partial charge in [0.2, 0.25) is 0 Å². The van der Waals surface area contributed by atoms with Crippen LogP contribution in [0.5, 0.6) is 0 Å². The van der Waals surface area contributed by atoms with Gasteiger partial charge in [0.1, 0.15) is 0 Å². The first-order chi connectivity index (χ1) is 12.6. The molecule has 3 rings (SSSR count). The molecule has 1 unspecified atom stereocenters. The van der Waals surface area contributed by atoms with Crippen molar-refractivity contribution < 1.29 is 0 Å². The first-order valence-electron chi connectivity index (χ1n) is 10.8. The summed E-state index contributed by atoms with van der Waals surface area (Å²) in [6.07, 6.45) is 15.1. The van der Waals surface area contributed by atoms with Crippen LogP contribution in [0.15, 0.2) is 35.9 Å². The molecule has 1 aliphatic heterocycles. The number of aryl methyl sites for hydroxylation is 1. The Morgan fingerprint density at radius 2 is 1.62 bits per heavy atom. The van der Waals surface area contributed by atoms with Gasteiger partial charge in [-0.2, -0.15) is 0 Å². The highest BCUT2D eigenvalue weighted by Crippen LogP contribution is 2.36. The summed E-state index contributed by atoms with van der Waals surface area (Å²) in [5.74, 6) is 2.03. The van der Waals surface area contributed by atoms with Crippen LogP contribution in [0.25, 0.3) is 0 Å². The highest BCUT2D eigenvalue weighted by atomic mass is 35.5. The summed E-state index contributed by atoms with van der Waals surface area (Å²) in [7, 11) is 0. The fourth-order valence-corrected chi connectivity index (χ4v) is 5.18. The van der Waals surface area contributed by atoms with Crippen LogP contribution in [0.1, 0.15) is 70.8 Å². The molecule has 1 saturated heterocycles. The molecule has 1 aliphatic carbocycles. The molecular weight excluding hydrogens is 338 g/mol. The number of hydrogen-bond donors (Lipinski definition) is 0. The minimum Gasteiger partial charge on any atom is -0.297 e. The van der Waals surface area contributed by atoms with E-state index in [9.17, 15) is 0 Å². The molecule has 1 aromatic carbocycles. The largest absolute Gasteiger partial charge is 0.297 e. The van der Waals surface area contributed by atoms with Gasteiger partial charge in [-0.3, -0.25) is 4.90 Å². The quantitative estimate of drug-likeness (QED) is 0.490. The van der Waals surface area contributed by atoms with Crippen LogP contribution < -0.4 is 0 Å². The number of hydrogen-bond acceptors (Lipinski definition) is 1. The first kappa shape index (κ1) is 20.0. The van der Waals surface area contributed by atoms with E-state index in [0.29, 0.717) is 6.04 Å². The third-order valence-electron chi connectivity index (χ3n) is 6.53. The smallest absolute Gasteiger partial charge is 0.0406 e. The van der Waals surface area contributed by atoms with Crippen molar-refractivity contribution in [3.63, 3.8) is 0 Å². The Morgan fingerprint density at radius 3 is 2.23 bits per heavy atom. The highest BCUT2D eigenvalue weighted by Gasteiger charge is 2.29. The van der Waals surface area contributed by atoms with E-state index in [4.69, 9.17) is 11.6 Å². The van der Waals surface area contributed by atoms with Crippen LogP contribution in [0.3, 0.4) is 0 Å². The van der Waals surface area contributed by atoms with Gasteiger partial charge in [0.05, 0.1) is 0 Å². The van der Waals surface area contributed by atoms with E-state index in [1.165, 1.54) is 75.6 Å². The number of likely N-dealkylation sites (tertiary alicyclic amines) is 1. The van der Waals surface area contributed by atoms with Crippen molar-refractivity contribution in [2.75, 3.05) is 13.1 Å². The van der Waals surface area contributed by atoms with Crippen molar-refractivity contribution in [2.24, 2.45) is 11.8 Å². The van der Waals surface area contributed by atoms with Gasteiger partial charge in [-0.1, -0.05) is 67.5 Å². The van der Waals surface area contributed by atoms with E-state index in [1.807, 2.05) is 12.1 Å². The fraction of sp³-hybridized carbons (Fsp3) is 0.667. The molecule has 0 spiro atoms. The zero-order valence-electron chi connectivity index (χ0n) is 16.7. The van der Waals surface area contributed by atoms with Crippen molar-refractivity contribution in [2.45, 2.75) is 77.7 Å². The lowest BCUT2D eigenvalue weighted by atomic mass is 9.75. The maximum Gasteiger partial charge on any atom is 0.0406 e. The zero-order chi connectivity index (χ0) is 18.4. The van der Waals surface area contributed by atoms with Crippen molar-refractivity contribution in [1.82, 2.24) is 4.90 Å². The molecule has 2 heteroatoms. The van der Waals surface area contributed by atoms with Crippen LogP contribution in [-0.4, -0.2) is 24.0 Å². The Kier molecular flexibility index (Phi) is 7.64. The fourth-order valence-electron chi connectivity index (χ4n) is 5.05. The van der Waals surface area contributed by atoms with E-state index in [2.05, 4.69) is 37.0 Å². The summed E-state index contributed by atoms with van der Waals surface area (Å²) in [4.78, 5) is 2.75. The predicted molar refractivity (Wildman–Crippen MR) is 114 cm³/mol. The van der Waals surface area contributed by atoms with Crippen molar-refractivity contribution >= 4 is 11.6 Å². The zero-order valence-corrected chi connectivity index (χ0v) is 17.5. The molecule has 0 bridgehead atoms. The number of allylic oxidation sites excluding steroid dienone is 1. The average molecular weight is 374 g/mol. The molecule has 1 nitrogen and oxygen atoms in total. The van der Waals surface area contributed by atoms with E-state index in [0.717, 1.165) is 23.3 Å². The Morgan fingerprint density at radius 1 is 1.00 bits per heavy atom. The molecular formula is C24H36ClN. The minimum atomic E-state index is 0.586. The molecule has 2 aliphatic rings. The van der Waals surface area contributed by atoms with Crippen molar-refractivity contribution in [1.29, 1.82) is 0 Å². The number of halogens is 1. The van der Waals surface area contributed by atoms with Gasteiger partial charge < -0.3 is 0 Å². The lowest BCUT2D eigenvalue weighted by Gasteiger charge is -2.40. The molecule has 1 saturated carbocycles. The molecule has 2 fully saturated rings. The Labute approximate surface area is 165 Å². The molecule has 0 aromatic heterocycles. The molecule has 144 valence electrons. The normalized spacial score (nSPS) is 21.5. The molecule has 0 amide bonds. The molecule has 0 radical (unpaired) electrons. The van der Waals surface area contributed by atoms with Crippen LogP contribution >= 0.6 is 11.6 Å². The standard InChI is InChI=1S/C24H36ClN/c1-19(2)18-24(13-10-20-8-11-23(25)12-9-20)26-16-14-22(15-17-26)21-6-4-3-5-7-21/h8-9,11-12,18,21-22,24H,3-7,10,13-17H2,1-2H3. The Hall–Kier alpha value is -0.790. The van der Waals surface area contributed by atoms with Gasteiger partial charge in [-0.25, -0.2) is 0 Å². The summed E-state index contributed by atoms with van der Waals surface area (Å²) >= 11 is 6.02. The van der Waals surface area contributed by atoms with Crippen LogP contribution in [-0.2, 0) is 6.42 Å². The first-order valence-corrected chi connectivity index (χ1v) is 11.1. The lowest BCUT2D eigenvalue weighted by Crippen LogP contribution is -2.42. The Balaban J connectivity index is 1.54. The molecule has 1 aromatic rings. The Bertz CT molecular complexity index is 558. The summed E-state index contributed by atoms with van der Waals surface area (Å²) in [5.41, 5.74) is 2.85. The minimum absolute atomic E-state index is 0.586. The van der Waals surface area contributed by atoms with Crippen LogP contribution in [0, 0.1) is 11.8 Å². The summed E-state index contributed by atoms with van der Waals surface area (Å²) in [6.45, 7) is 7.06. The molecule has 1 atom stereocenters. The second kappa shape index (κ2) is 9.95. The van der Waals surface area contributed by atoms with E-state index < -0.39 is 0 Å². The van der Waals surface area contributed by atoms with Gasteiger partial charge >= 0.3 is 0 Å². The second-order valence-corrected chi connectivity index (χ2v) is 9.18. The van der Waals surface area contributed by atoms with Gasteiger partial charge in [0.15, 0.2) is 0 Å². The maximum atomic E-state index is 6.02. The summed E-state index contributed by atoms with van der Waals surface area (Å²) in [5, 5.41) is 0.833. The van der Waals surface area contributed by atoms with Gasteiger partial charge in [0, 0.05) is 11.1 Å². The van der Waals surface area contributed by atoms with Crippen molar-refractivity contribution in [3.05, 3.63) is 46.5 Å². The summed E-state index contributed by atoms with van der Waals surface area (Å²) < 4.78 is 0. The van der Waals surface area contributed by atoms with E-state index in [1.54, 1.807) is 0 Å². The van der Waals surface area contributed by atoms with Gasteiger partial charge in [0.25, 0.3) is 0 Å². The molecule has 0 N–H and O–H groups in total. The SMILES string of the molecule is CC(C)=CC(CCc1ccc(Cl)cc1)N1CCC(C2CCCCC2)CC1. The average Bonchev–Trinajstić information content (AvgIpc) is 2.67. The lowest BCUT2D eigenvalue weighted by molar-refractivity contribution is 0.106. The van der Waals surface area contributed by atoms with E-state index in [-0.39, 0.29) is 0 Å². The van der Waals surface area contributed by atoms with Gasteiger partial charge in [-0.15, -0.1) is 0 Å². The molecule has 26 heavy (non-hydrogen) atoms. The number of nitrogens with zero attached hydrogens (tertiary/aromatic N) is 1. The third kappa shape index (κ3) is 5.86. The number of benzene rings is 1. The third-order valence-corrected chi connectivity index (χ3v) is 6.78. The topological polar surface area (TPSA) is 3.24 Å². The highest BCUT2D eigenvalue weighted by molar-refractivity contribution is 6.30. The second-order valence-electron chi connectivity index (χ2n) is 8.75. The summed E-state index contributed by atoms with van der Waals surface area (Å²) in [6, 6.07) is 8.97. The van der Waals surface area contributed by atoms with Crippen LogP contribution in [0.4, 0.5) is 0 Å². The molecule has 1 heterocycles. The number of rotatable bonds is 6. The maximum absolute atomic E-state index is 6.02. The predicted octanol–water partition coefficient (Wildman–Crippen LogP) is 6.90.